The van der Waals surface area contributed by atoms with Crippen molar-refractivity contribution < 1.29 is 0 Å². The number of hydrogen-bond acceptors (Lipinski definition) is 2. The molecule has 0 spiro atoms. The van der Waals surface area contributed by atoms with E-state index in [0.29, 0.717) is 0 Å². The normalized spacial score (nSPS) is 13.9. The van der Waals surface area contributed by atoms with E-state index in [-0.39, 0.29) is 0 Å². The molecule has 2 aromatic heterocycles. The van der Waals surface area contributed by atoms with Crippen LogP contribution in [0.1, 0.15) is 50.8 Å². The number of benzene rings is 1. The van der Waals surface area contributed by atoms with Crippen molar-refractivity contribution in [3.8, 4) is 11.1 Å². The minimum atomic E-state index is 0.928. The summed E-state index contributed by atoms with van der Waals surface area (Å²) in [6.45, 7) is 13.8. The number of allylic oxidation sites excluding steroid dienone is 4. The topological polar surface area (TPSA) is 40.7 Å². The number of aromatic amines is 1. The highest BCUT2D eigenvalue weighted by molar-refractivity contribution is 5.96. The van der Waals surface area contributed by atoms with E-state index < -0.39 is 0 Å². The highest BCUT2D eigenvalue weighted by atomic mass is 14.9. The lowest BCUT2D eigenvalue weighted by molar-refractivity contribution is 0.816. The van der Waals surface area contributed by atoms with Crippen LogP contribution >= 0.6 is 0 Å². The summed E-state index contributed by atoms with van der Waals surface area (Å²) < 4.78 is 0. The number of fused-ring (bicyclic) bond motifs is 2. The summed E-state index contributed by atoms with van der Waals surface area (Å²) in [7, 11) is 0. The van der Waals surface area contributed by atoms with E-state index in [4.69, 9.17) is 4.98 Å². The summed E-state index contributed by atoms with van der Waals surface area (Å²) in [6, 6.07) is 8.96. The molecule has 0 saturated carbocycles. The smallest absolute Gasteiger partial charge is 0.137 e. The fourth-order valence-corrected chi connectivity index (χ4v) is 4.40. The molecule has 0 amide bonds. The van der Waals surface area contributed by atoms with Crippen LogP contribution in [0.5, 0.6) is 0 Å². The second-order valence-corrected chi connectivity index (χ2v) is 8.02. The summed E-state index contributed by atoms with van der Waals surface area (Å²) in [5.41, 5.74) is 12.1. The summed E-state index contributed by atoms with van der Waals surface area (Å²) in [5, 5.41) is 4.52. The van der Waals surface area contributed by atoms with Gasteiger partial charge in [-0.25, -0.2) is 4.98 Å². The van der Waals surface area contributed by atoms with E-state index in [9.17, 15) is 0 Å². The molecule has 1 aromatic carbocycles. The molecule has 3 heterocycles. The van der Waals surface area contributed by atoms with Gasteiger partial charge in [0.25, 0.3) is 0 Å². The first-order chi connectivity index (χ1) is 14.0. The van der Waals surface area contributed by atoms with Crippen molar-refractivity contribution in [3.05, 3.63) is 77.2 Å². The molecular weight excluding hydrogens is 354 g/mol. The van der Waals surface area contributed by atoms with Crippen LogP contribution in [0.25, 0.3) is 33.4 Å². The van der Waals surface area contributed by atoms with Gasteiger partial charge < -0.3 is 10.3 Å². The molecule has 0 unspecified atom stereocenters. The van der Waals surface area contributed by atoms with E-state index in [1.165, 1.54) is 49.9 Å². The number of nitrogens with zero attached hydrogens (tertiary/aromatic N) is 1. The van der Waals surface area contributed by atoms with Crippen molar-refractivity contribution in [2.24, 2.45) is 0 Å². The van der Waals surface area contributed by atoms with Crippen LogP contribution in [0.3, 0.4) is 0 Å². The van der Waals surface area contributed by atoms with Crippen LogP contribution < -0.4 is 5.32 Å². The van der Waals surface area contributed by atoms with Gasteiger partial charge >= 0.3 is 0 Å². The highest BCUT2D eigenvalue weighted by Gasteiger charge is 2.16. The van der Waals surface area contributed by atoms with Crippen molar-refractivity contribution in [3.63, 3.8) is 0 Å². The molecule has 0 fully saturated rings. The molecule has 3 heteroatoms. The van der Waals surface area contributed by atoms with Crippen LogP contribution in [-0.2, 0) is 6.42 Å². The average molecular weight is 384 g/mol. The Balaban J connectivity index is 1.84. The highest BCUT2D eigenvalue weighted by Crippen LogP contribution is 2.34. The van der Waals surface area contributed by atoms with Crippen LogP contribution in [0.4, 0.5) is 0 Å². The largest absolute Gasteiger partial charge is 0.385 e. The number of H-pyrrole nitrogens is 1. The van der Waals surface area contributed by atoms with Gasteiger partial charge in [0.2, 0.25) is 0 Å². The molecule has 0 aliphatic carbocycles. The number of pyridine rings is 1. The molecule has 0 bridgehead atoms. The van der Waals surface area contributed by atoms with Gasteiger partial charge in [0, 0.05) is 46.7 Å². The standard InChI is InChI=1S/C26H29N3/c1-6-7-17(4)25(16(2)3)21-13-23-24(15-29-26(23)28-14-21)19-8-9-22-18(5)27-11-10-20(22)12-19/h7-9,12-15,27H,5-6,10-11H2,1-4H3,(H,28,29)/b17-7-. The van der Waals surface area contributed by atoms with Gasteiger partial charge in [-0.3, -0.25) is 0 Å². The molecule has 3 aromatic rings. The minimum Gasteiger partial charge on any atom is -0.385 e. The molecular formula is C26H29N3. The third kappa shape index (κ3) is 3.53. The summed E-state index contributed by atoms with van der Waals surface area (Å²) in [6.07, 6.45) is 8.41. The second-order valence-electron chi connectivity index (χ2n) is 8.02. The van der Waals surface area contributed by atoms with E-state index in [1.54, 1.807) is 0 Å². The van der Waals surface area contributed by atoms with Crippen LogP contribution in [0, 0.1) is 0 Å². The molecule has 0 radical (unpaired) electrons. The molecule has 148 valence electrons. The number of hydrogen-bond donors (Lipinski definition) is 2. The first-order valence-electron chi connectivity index (χ1n) is 10.4. The molecule has 0 saturated heterocycles. The number of rotatable bonds is 4. The van der Waals surface area contributed by atoms with Crippen molar-refractivity contribution in [2.75, 3.05) is 6.54 Å². The predicted octanol–water partition coefficient (Wildman–Crippen LogP) is 6.50. The van der Waals surface area contributed by atoms with Crippen LogP contribution in [0.15, 0.2) is 60.5 Å². The maximum atomic E-state index is 4.73. The SMILES string of the molecule is C=C1NCCc2cc(-c3c[nH]c4ncc(C(=C(C)C)/C(C)=C\CC)cc34)ccc21. The fourth-order valence-electron chi connectivity index (χ4n) is 4.40. The fraction of sp³-hybridized carbons (Fsp3) is 0.269. The van der Waals surface area contributed by atoms with Gasteiger partial charge in [0.15, 0.2) is 0 Å². The Kier molecular flexibility index (Phi) is 5.14. The molecule has 1 aliphatic heterocycles. The lowest BCUT2D eigenvalue weighted by atomic mass is 9.92. The third-order valence-electron chi connectivity index (χ3n) is 5.70. The Morgan fingerprint density at radius 2 is 2.00 bits per heavy atom. The van der Waals surface area contributed by atoms with Gasteiger partial charge in [-0.2, -0.15) is 0 Å². The Morgan fingerprint density at radius 3 is 2.76 bits per heavy atom. The molecule has 1 aliphatic rings. The summed E-state index contributed by atoms with van der Waals surface area (Å²) in [5.74, 6) is 0. The average Bonchev–Trinajstić information content (AvgIpc) is 3.11. The molecule has 4 rings (SSSR count). The number of nitrogens with one attached hydrogen (secondary N) is 2. The van der Waals surface area contributed by atoms with E-state index in [0.717, 1.165) is 30.7 Å². The monoisotopic (exact) mass is 383 g/mol. The van der Waals surface area contributed by atoms with Gasteiger partial charge in [-0.1, -0.05) is 43.4 Å². The van der Waals surface area contributed by atoms with E-state index >= 15 is 0 Å². The Morgan fingerprint density at radius 1 is 1.17 bits per heavy atom. The van der Waals surface area contributed by atoms with Crippen molar-refractivity contribution in [2.45, 2.75) is 40.5 Å². The van der Waals surface area contributed by atoms with Gasteiger partial charge in [0.1, 0.15) is 5.65 Å². The Bertz CT molecular complexity index is 1150. The number of aromatic nitrogens is 2. The Hall–Kier alpha value is -3.07. The van der Waals surface area contributed by atoms with E-state index in [2.05, 4.69) is 81.1 Å². The van der Waals surface area contributed by atoms with Crippen LogP contribution in [0.2, 0.25) is 0 Å². The zero-order chi connectivity index (χ0) is 20.5. The Labute approximate surface area is 173 Å². The minimum absolute atomic E-state index is 0.928. The van der Waals surface area contributed by atoms with Crippen LogP contribution in [-0.4, -0.2) is 16.5 Å². The van der Waals surface area contributed by atoms with Gasteiger partial charge in [-0.15, -0.1) is 0 Å². The van der Waals surface area contributed by atoms with Crippen molar-refractivity contribution in [1.29, 1.82) is 0 Å². The predicted molar refractivity (Wildman–Crippen MR) is 125 cm³/mol. The second kappa shape index (κ2) is 7.75. The molecule has 0 atom stereocenters. The quantitative estimate of drug-likeness (QED) is 0.505. The maximum absolute atomic E-state index is 4.73. The molecule has 3 nitrogen and oxygen atoms in total. The lowest BCUT2D eigenvalue weighted by Gasteiger charge is -2.20. The first-order valence-corrected chi connectivity index (χ1v) is 10.4. The summed E-state index contributed by atoms with van der Waals surface area (Å²) >= 11 is 0. The zero-order valence-electron chi connectivity index (χ0n) is 17.8. The summed E-state index contributed by atoms with van der Waals surface area (Å²) in [4.78, 5) is 8.09. The molecule has 29 heavy (non-hydrogen) atoms. The van der Waals surface area contributed by atoms with Crippen molar-refractivity contribution in [1.82, 2.24) is 15.3 Å². The van der Waals surface area contributed by atoms with Gasteiger partial charge in [-0.05, 0) is 62.0 Å². The van der Waals surface area contributed by atoms with Gasteiger partial charge in [0.05, 0.1) is 0 Å². The maximum Gasteiger partial charge on any atom is 0.137 e. The van der Waals surface area contributed by atoms with Crippen molar-refractivity contribution >= 4 is 22.3 Å². The third-order valence-corrected chi connectivity index (χ3v) is 5.70. The first kappa shape index (κ1) is 19.3. The van der Waals surface area contributed by atoms with E-state index in [1.807, 2.05) is 6.20 Å². The lowest BCUT2D eigenvalue weighted by Crippen LogP contribution is -2.21. The zero-order valence-corrected chi connectivity index (χ0v) is 17.8. The molecule has 2 N–H and O–H groups in total.